The minimum Gasteiger partial charge on any atom is -0.497 e. The molecule has 7 nitrogen and oxygen atoms in total. The molecule has 0 saturated heterocycles. The number of benzene rings is 2. The third kappa shape index (κ3) is 3.20. The zero-order valence-corrected chi connectivity index (χ0v) is 14.8. The number of hydrogen-bond acceptors (Lipinski definition) is 7. The second-order valence-electron chi connectivity index (χ2n) is 6.01. The van der Waals surface area contributed by atoms with Crippen molar-refractivity contribution in [2.24, 2.45) is 0 Å². The summed E-state index contributed by atoms with van der Waals surface area (Å²) in [6.07, 6.45) is 0. The van der Waals surface area contributed by atoms with Crippen LogP contribution in [-0.4, -0.2) is 27.5 Å². The fourth-order valence-electron chi connectivity index (χ4n) is 2.74. The molecule has 7 heteroatoms. The molecule has 4 rings (SSSR count). The fourth-order valence-corrected chi connectivity index (χ4v) is 2.74. The first-order chi connectivity index (χ1) is 13.2. The summed E-state index contributed by atoms with van der Waals surface area (Å²) < 4.78 is 15.9. The van der Waals surface area contributed by atoms with Gasteiger partial charge < -0.3 is 18.9 Å². The van der Waals surface area contributed by atoms with Crippen LogP contribution in [0.15, 0.2) is 57.6 Å². The first kappa shape index (κ1) is 17.0. The molecule has 2 heterocycles. The van der Waals surface area contributed by atoms with Gasteiger partial charge in [0.2, 0.25) is 5.82 Å². The summed E-state index contributed by atoms with van der Waals surface area (Å²) >= 11 is 0. The van der Waals surface area contributed by atoms with E-state index in [-0.39, 0.29) is 18.3 Å². The molecule has 0 amide bonds. The van der Waals surface area contributed by atoms with Crippen molar-refractivity contribution in [2.75, 3.05) is 7.11 Å². The first-order valence-electron chi connectivity index (χ1n) is 8.34. The monoisotopic (exact) mass is 363 g/mol. The number of aryl methyl sites for hydroxylation is 1. The van der Waals surface area contributed by atoms with Crippen LogP contribution in [0.1, 0.15) is 11.3 Å². The molecule has 0 fully saturated rings. The van der Waals surface area contributed by atoms with Crippen molar-refractivity contribution < 1.29 is 18.9 Å². The molecule has 2 aromatic heterocycles. The van der Waals surface area contributed by atoms with Gasteiger partial charge in [-0.25, -0.2) is 0 Å². The average molecular weight is 363 g/mol. The van der Waals surface area contributed by atoms with Gasteiger partial charge in [0.25, 0.3) is 5.89 Å². The maximum absolute atomic E-state index is 9.63. The second kappa shape index (κ2) is 7.05. The lowest BCUT2D eigenvalue weighted by atomic mass is 10.1. The van der Waals surface area contributed by atoms with E-state index >= 15 is 0 Å². The van der Waals surface area contributed by atoms with Crippen molar-refractivity contribution in [1.29, 1.82) is 0 Å². The highest BCUT2D eigenvalue weighted by Gasteiger charge is 2.24. The predicted molar refractivity (Wildman–Crippen MR) is 97.9 cm³/mol. The van der Waals surface area contributed by atoms with E-state index in [0.717, 1.165) is 22.4 Å². The number of ether oxygens (including phenoxy) is 1. The highest BCUT2D eigenvalue weighted by atomic mass is 16.5. The Morgan fingerprint density at radius 2 is 1.63 bits per heavy atom. The highest BCUT2D eigenvalue weighted by molar-refractivity contribution is 5.78. The number of nitrogens with zero attached hydrogens (tertiary/aromatic N) is 3. The number of rotatable bonds is 5. The lowest BCUT2D eigenvalue weighted by Gasteiger charge is -2.02. The summed E-state index contributed by atoms with van der Waals surface area (Å²) in [4.78, 5) is 4.47. The van der Waals surface area contributed by atoms with E-state index in [1.807, 2.05) is 55.5 Å². The molecule has 0 saturated carbocycles. The van der Waals surface area contributed by atoms with Gasteiger partial charge in [0.15, 0.2) is 5.76 Å². The van der Waals surface area contributed by atoms with E-state index in [2.05, 4.69) is 15.3 Å². The van der Waals surface area contributed by atoms with Crippen LogP contribution in [0.3, 0.4) is 0 Å². The van der Waals surface area contributed by atoms with E-state index in [1.54, 1.807) is 7.11 Å². The third-order valence-corrected chi connectivity index (χ3v) is 4.22. The molecule has 4 aromatic rings. The number of aliphatic hydroxyl groups is 1. The van der Waals surface area contributed by atoms with Crippen molar-refractivity contribution in [3.63, 3.8) is 0 Å². The molecule has 0 unspecified atom stereocenters. The molecule has 0 bridgehead atoms. The molecule has 27 heavy (non-hydrogen) atoms. The topological polar surface area (TPSA) is 94.4 Å². The van der Waals surface area contributed by atoms with Crippen LogP contribution in [0.25, 0.3) is 34.1 Å². The fraction of sp³-hybridized carbons (Fsp3) is 0.150. The SMILES string of the molecule is COc1ccc(-c2noc(CO)c2-c2nc(-c3ccc(C)cc3)no2)cc1. The lowest BCUT2D eigenvalue weighted by molar-refractivity contribution is 0.229. The van der Waals surface area contributed by atoms with E-state index in [9.17, 15) is 5.11 Å². The Morgan fingerprint density at radius 3 is 2.30 bits per heavy atom. The quantitative estimate of drug-likeness (QED) is 0.575. The van der Waals surface area contributed by atoms with Crippen molar-refractivity contribution >= 4 is 0 Å². The van der Waals surface area contributed by atoms with Crippen LogP contribution in [0.4, 0.5) is 0 Å². The van der Waals surface area contributed by atoms with E-state index in [1.165, 1.54) is 0 Å². The number of aliphatic hydroxyl groups excluding tert-OH is 1. The van der Waals surface area contributed by atoms with Crippen LogP contribution in [0.5, 0.6) is 5.75 Å². The van der Waals surface area contributed by atoms with Gasteiger partial charge in [-0.1, -0.05) is 40.1 Å². The molecular weight excluding hydrogens is 346 g/mol. The molecule has 0 aliphatic rings. The van der Waals surface area contributed by atoms with Crippen molar-refractivity contribution in [1.82, 2.24) is 15.3 Å². The van der Waals surface area contributed by atoms with Gasteiger partial charge >= 0.3 is 0 Å². The van der Waals surface area contributed by atoms with Crippen LogP contribution >= 0.6 is 0 Å². The summed E-state index contributed by atoms with van der Waals surface area (Å²) in [5.41, 5.74) is 3.76. The van der Waals surface area contributed by atoms with Gasteiger partial charge in [-0.2, -0.15) is 4.98 Å². The van der Waals surface area contributed by atoms with Gasteiger partial charge in [-0.3, -0.25) is 0 Å². The molecule has 0 aliphatic carbocycles. The molecule has 0 atom stereocenters. The van der Waals surface area contributed by atoms with Crippen molar-refractivity contribution in [3.05, 3.63) is 59.9 Å². The average Bonchev–Trinajstić information content (AvgIpc) is 3.35. The van der Waals surface area contributed by atoms with Gasteiger partial charge in [-0.05, 0) is 31.2 Å². The number of hydrogen-bond donors (Lipinski definition) is 1. The Morgan fingerprint density at radius 1 is 0.926 bits per heavy atom. The smallest absolute Gasteiger partial charge is 0.264 e. The molecule has 136 valence electrons. The molecule has 2 aromatic carbocycles. The van der Waals surface area contributed by atoms with Crippen LogP contribution < -0.4 is 4.74 Å². The standard InChI is InChI=1S/C20H17N3O4/c1-12-3-5-14(6-4-12)19-21-20(27-23-19)17-16(11-24)26-22-18(17)13-7-9-15(25-2)10-8-13/h3-10,24H,11H2,1-2H3. The summed E-state index contributed by atoms with van der Waals surface area (Å²) in [7, 11) is 1.60. The summed E-state index contributed by atoms with van der Waals surface area (Å²) in [6, 6.07) is 15.1. The zero-order chi connectivity index (χ0) is 18.8. The Kier molecular flexibility index (Phi) is 4.43. The van der Waals surface area contributed by atoms with Gasteiger partial charge in [-0.15, -0.1) is 0 Å². The summed E-state index contributed by atoms with van der Waals surface area (Å²) in [5.74, 6) is 1.68. The zero-order valence-electron chi connectivity index (χ0n) is 14.8. The minimum atomic E-state index is -0.333. The van der Waals surface area contributed by atoms with Gasteiger partial charge in [0, 0.05) is 11.1 Å². The Labute approximate surface area is 155 Å². The number of methoxy groups -OCH3 is 1. The maximum Gasteiger partial charge on any atom is 0.264 e. The van der Waals surface area contributed by atoms with Crippen molar-refractivity contribution in [3.8, 4) is 39.8 Å². The molecule has 0 radical (unpaired) electrons. The Hall–Kier alpha value is -3.45. The molecule has 0 aliphatic heterocycles. The van der Waals surface area contributed by atoms with Crippen LogP contribution in [0, 0.1) is 6.92 Å². The largest absolute Gasteiger partial charge is 0.497 e. The normalized spacial score (nSPS) is 10.9. The van der Waals surface area contributed by atoms with E-state index in [0.29, 0.717) is 17.1 Å². The highest BCUT2D eigenvalue weighted by Crippen LogP contribution is 2.35. The van der Waals surface area contributed by atoms with Crippen LogP contribution in [-0.2, 0) is 6.61 Å². The summed E-state index contributed by atoms with van der Waals surface area (Å²) in [5, 5.41) is 17.8. The summed E-state index contributed by atoms with van der Waals surface area (Å²) in [6.45, 7) is 1.68. The second-order valence-corrected chi connectivity index (χ2v) is 6.01. The molecule has 0 spiro atoms. The Balaban J connectivity index is 1.77. The van der Waals surface area contributed by atoms with Gasteiger partial charge in [0.1, 0.15) is 23.6 Å². The van der Waals surface area contributed by atoms with E-state index in [4.69, 9.17) is 13.8 Å². The first-order valence-corrected chi connectivity index (χ1v) is 8.34. The lowest BCUT2D eigenvalue weighted by Crippen LogP contribution is -1.89. The van der Waals surface area contributed by atoms with Crippen molar-refractivity contribution in [2.45, 2.75) is 13.5 Å². The van der Waals surface area contributed by atoms with Crippen LogP contribution in [0.2, 0.25) is 0 Å². The predicted octanol–water partition coefficient (Wildman–Crippen LogP) is 3.87. The maximum atomic E-state index is 9.63. The molecular formula is C20H17N3O4. The number of aromatic nitrogens is 3. The van der Waals surface area contributed by atoms with E-state index < -0.39 is 0 Å². The Bertz CT molecular complexity index is 1050. The third-order valence-electron chi connectivity index (χ3n) is 4.22. The molecule has 1 N–H and O–H groups in total. The minimum absolute atomic E-state index is 0.238. The van der Waals surface area contributed by atoms with Gasteiger partial charge in [0.05, 0.1) is 7.11 Å².